The van der Waals surface area contributed by atoms with Gasteiger partial charge in [0.05, 0.1) is 5.33 Å². The number of hydrogen-bond donors (Lipinski definition) is 1. The van der Waals surface area contributed by atoms with Crippen LogP contribution >= 0.6 is 15.9 Å². The lowest BCUT2D eigenvalue weighted by atomic mass is 10.2. The first-order valence-corrected chi connectivity index (χ1v) is 17.2. The van der Waals surface area contributed by atoms with Gasteiger partial charge in [0, 0.05) is 65.4 Å². The summed E-state index contributed by atoms with van der Waals surface area (Å²) in [5.41, 5.74) is 2.66. The first-order valence-electron chi connectivity index (χ1n) is 16.1. The van der Waals surface area contributed by atoms with Crippen LogP contribution in [-0.2, 0) is 22.7 Å². The van der Waals surface area contributed by atoms with E-state index < -0.39 is 0 Å². The number of phenols is 1. The van der Waals surface area contributed by atoms with Gasteiger partial charge in [0.25, 0.3) is 5.91 Å². The third-order valence-corrected chi connectivity index (χ3v) is 8.40. The summed E-state index contributed by atoms with van der Waals surface area (Å²) in [6.45, 7) is 9.02. The van der Waals surface area contributed by atoms with Crippen molar-refractivity contribution in [3.8, 4) is 11.5 Å². The quantitative estimate of drug-likeness (QED) is 0.244. The van der Waals surface area contributed by atoms with Gasteiger partial charge >= 0.3 is 0 Å². The molecule has 0 aromatic heterocycles. The van der Waals surface area contributed by atoms with E-state index in [1.54, 1.807) is 24.3 Å². The van der Waals surface area contributed by atoms with Crippen LogP contribution in [0.5, 0.6) is 11.5 Å². The minimum atomic E-state index is 0.0632. The van der Waals surface area contributed by atoms with E-state index >= 15 is 0 Å². The number of rotatable bonds is 8. The molecule has 0 bridgehead atoms. The summed E-state index contributed by atoms with van der Waals surface area (Å²) < 4.78 is 5.54. The highest BCUT2D eigenvalue weighted by Gasteiger charge is 2.22. The maximum Gasteiger partial charge on any atom is 0.260 e. The van der Waals surface area contributed by atoms with E-state index in [1.165, 1.54) is 11.1 Å². The van der Waals surface area contributed by atoms with E-state index in [0.717, 1.165) is 71.2 Å². The van der Waals surface area contributed by atoms with Gasteiger partial charge < -0.3 is 19.6 Å². The largest absolute Gasteiger partial charge is 0.508 e. The van der Waals surface area contributed by atoms with Crippen LogP contribution in [0.3, 0.4) is 0 Å². The predicted molar refractivity (Wildman–Crippen MR) is 190 cm³/mol. The summed E-state index contributed by atoms with van der Waals surface area (Å²) >= 11 is 3.21. The van der Waals surface area contributed by atoms with Gasteiger partial charge in [-0.05, 0) is 35.4 Å². The number of phenolic OH excluding ortho intramolecular Hbond substituents is 1. The molecule has 248 valence electrons. The van der Waals surface area contributed by atoms with Gasteiger partial charge in [-0.3, -0.25) is 19.4 Å². The van der Waals surface area contributed by atoms with Crippen LogP contribution in [0.2, 0.25) is 0 Å². The highest BCUT2D eigenvalue weighted by atomic mass is 79.9. The number of para-hydroxylation sites is 2. The molecule has 4 aromatic carbocycles. The second kappa shape index (κ2) is 20.1. The Hall–Kier alpha value is -4.18. The molecule has 2 amide bonds. The molecule has 4 aromatic rings. The fourth-order valence-electron chi connectivity index (χ4n) is 5.26. The molecule has 0 radical (unpaired) electrons. The first-order chi connectivity index (χ1) is 23.0. The maximum atomic E-state index is 12.2. The Kier molecular flexibility index (Phi) is 15.3. The molecule has 2 saturated heterocycles. The van der Waals surface area contributed by atoms with Crippen LogP contribution in [-0.4, -0.2) is 101 Å². The highest BCUT2D eigenvalue weighted by molar-refractivity contribution is 9.09. The molecule has 2 aliphatic rings. The smallest absolute Gasteiger partial charge is 0.260 e. The summed E-state index contributed by atoms with van der Waals surface area (Å²) in [4.78, 5) is 32.3. The number of halogens is 1. The molecule has 0 aliphatic carbocycles. The van der Waals surface area contributed by atoms with Gasteiger partial charge in [-0.15, -0.1) is 0 Å². The number of alkyl halides is 1. The zero-order valence-corrected chi connectivity index (χ0v) is 28.5. The number of amides is 2. The molecule has 2 heterocycles. The lowest BCUT2D eigenvalue weighted by Gasteiger charge is -2.34. The van der Waals surface area contributed by atoms with Crippen molar-refractivity contribution in [1.82, 2.24) is 19.6 Å². The predicted octanol–water partition coefficient (Wildman–Crippen LogP) is 5.53. The minimum Gasteiger partial charge on any atom is -0.508 e. The molecule has 0 unspecified atom stereocenters. The van der Waals surface area contributed by atoms with Gasteiger partial charge in [-0.1, -0.05) is 113 Å². The van der Waals surface area contributed by atoms with Crippen molar-refractivity contribution in [2.24, 2.45) is 0 Å². The number of benzene rings is 4. The zero-order valence-electron chi connectivity index (χ0n) is 26.9. The van der Waals surface area contributed by atoms with Crippen molar-refractivity contribution in [1.29, 1.82) is 0 Å². The minimum absolute atomic E-state index is 0.0632. The van der Waals surface area contributed by atoms with Gasteiger partial charge in [0.1, 0.15) is 11.5 Å². The van der Waals surface area contributed by atoms with E-state index in [0.29, 0.717) is 11.1 Å². The van der Waals surface area contributed by atoms with Gasteiger partial charge in [0.2, 0.25) is 5.91 Å². The molecule has 6 rings (SSSR count). The number of hydrogen-bond acceptors (Lipinski definition) is 6. The van der Waals surface area contributed by atoms with Crippen molar-refractivity contribution in [3.05, 3.63) is 132 Å². The van der Waals surface area contributed by atoms with Crippen molar-refractivity contribution in [3.63, 3.8) is 0 Å². The van der Waals surface area contributed by atoms with Crippen LogP contribution < -0.4 is 4.74 Å². The molecule has 1 N–H and O–H groups in total. The molecule has 0 saturated carbocycles. The average molecular weight is 702 g/mol. The van der Waals surface area contributed by atoms with Gasteiger partial charge in [-0.2, -0.15) is 0 Å². The van der Waals surface area contributed by atoms with E-state index in [4.69, 9.17) is 9.84 Å². The van der Waals surface area contributed by atoms with Crippen LogP contribution in [0.1, 0.15) is 11.1 Å². The van der Waals surface area contributed by atoms with Crippen molar-refractivity contribution in [2.75, 3.05) is 64.3 Å². The van der Waals surface area contributed by atoms with Crippen molar-refractivity contribution in [2.45, 2.75) is 13.1 Å². The third kappa shape index (κ3) is 13.2. The number of nitrogens with zero attached hydrogens (tertiary/aromatic N) is 4. The van der Waals surface area contributed by atoms with Gasteiger partial charge in [0.15, 0.2) is 6.61 Å². The summed E-state index contributed by atoms with van der Waals surface area (Å²) in [5.74, 6) is 1.32. The second-order valence-electron chi connectivity index (χ2n) is 11.4. The Bertz CT molecular complexity index is 1430. The lowest BCUT2D eigenvalue weighted by Crippen LogP contribution is -2.49. The molecule has 47 heavy (non-hydrogen) atoms. The highest BCUT2D eigenvalue weighted by Crippen LogP contribution is 2.12. The van der Waals surface area contributed by atoms with Crippen LogP contribution in [0.4, 0.5) is 0 Å². The fraction of sp³-hybridized carbons (Fsp3) is 0.316. The summed E-state index contributed by atoms with van der Waals surface area (Å²) in [6.07, 6.45) is 0. The molecule has 0 atom stereocenters. The average Bonchev–Trinajstić information content (AvgIpc) is 3.13. The molecule has 0 spiro atoms. The summed E-state index contributed by atoms with van der Waals surface area (Å²) in [5, 5.41) is 9.07. The summed E-state index contributed by atoms with van der Waals surface area (Å²) in [7, 11) is 0. The Morgan fingerprint density at radius 3 is 1.32 bits per heavy atom. The summed E-state index contributed by atoms with van der Waals surface area (Å²) in [6, 6.07) is 39.1. The Morgan fingerprint density at radius 2 is 0.936 bits per heavy atom. The third-order valence-electron chi connectivity index (χ3n) is 7.92. The first kappa shape index (κ1) is 35.7. The Labute approximate surface area is 287 Å². The molecule has 2 fully saturated rings. The topological polar surface area (TPSA) is 76.6 Å². The number of piperazine rings is 2. The maximum absolute atomic E-state index is 12.2. The van der Waals surface area contributed by atoms with Crippen LogP contribution in [0.25, 0.3) is 0 Å². The normalized spacial score (nSPS) is 15.0. The molecular formula is C38H45BrN4O4. The zero-order chi connectivity index (χ0) is 33.1. The Morgan fingerprint density at radius 1 is 0.553 bits per heavy atom. The van der Waals surface area contributed by atoms with Crippen LogP contribution in [0.15, 0.2) is 121 Å². The SMILES string of the molecule is O=C(CBr)N1CCN(Cc2ccccc2)CC1.O=C(COc1ccccc1)N1CCN(Cc2ccccc2)CC1.Oc1ccccc1. The molecule has 2 aliphatic heterocycles. The van der Waals surface area contributed by atoms with Crippen molar-refractivity contribution < 1.29 is 19.4 Å². The van der Waals surface area contributed by atoms with Gasteiger partial charge in [-0.25, -0.2) is 0 Å². The number of carbonyl (C=O) groups is 2. The second-order valence-corrected chi connectivity index (χ2v) is 11.9. The van der Waals surface area contributed by atoms with E-state index in [-0.39, 0.29) is 18.4 Å². The van der Waals surface area contributed by atoms with Crippen LogP contribution in [0, 0.1) is 0 Å². The number of ether oxygens (including phenoxy) is 1. The lowest BCUT2D eigenvalue weighted by molar-refractivity contribution is -0.135. The van der Waals surface area contributed by atoms with E-state index in [2.05, 4.69) is 74.3 Å². The van der Waals surface area contributed by atoms with Crippen molar-refractivity contribution >= 4 is 27.7 Å². The fourth-order valence-corrected chi connectivity index (χ4v) is 5.61. The standard InChI is InChI=1S/C19H22N2O2.C13H17BrN2O.C6H6O/c22-19(16-23-18-9-5-2-6-10-18)21-13-11-20(12-14-21)15-17-7-3-1-4-8-17;14-10-13(17)16-8-6-15(7-9-16)11-12-4-2-1-3-5-12;7-6-4-2-1-3-5-6/h1-10H,11-16H2;1-5H,6-11H2;1-5,7H. The molecular weight excluding hydrogens is 656 g/mol. The number of carbonyl (C=O) groups excluding carboxylic acids is 2. The Balaban J connectivity index is 0.000000182. The van der Waals surface area contributed by atoms with E-state index in [9.17, 15) is 9.59 Å². The monoisotopic (exact) mass is 700 g/mol. The molecule has 8 nitrogen and oxygen atoms in total. The van der Waals surface area contributed by atoms with E-state index in [1.807, 2.05) is 58.3 Å². The molecule has 9 heteroatoms. The number of aromatic hydroxyl groups is 1.